The summed E-state index contributed by atoms with van der Waals surface area (Å²) in [4.78, 5) is 43.4. The molecule has 0 bridgehead atoms. The minimum Gasteiger partial charge on any atom is -0.457 e. The standard InChI is InChI=1S/C27H26FN5O4/c1-15(2)32-14-21(26(35)33(27(32)36)20-8-5-18(28)6-9-20)25(34)31-19-7-10-22(16(3)13-19)37-23-11-12-30-24(29)17(23)4/h5-15H,1-4H3,(H2,29,30)(H,31,34). The molecule has 2 aromatic heterocycles. The van der Waals surface area contributed by atoms with Gasteiger partial charge in [0, 0.05) is 29.7 Å². The quantitative estimate of drug-likeness (QED) is 0.403. The molecule has 0 spiro atoms. The predicted molar refractivity (Wildman–Crippen MR) is 139 cm³/mol. The second kappa shape index (κ2) is 10.1. The smallest absolute Gasteiger partial charge is 0.335 e. The van der Waals surface area contributed by atoms with E-state index in [4.69, 9.17) is 10.5 Å². The first-order chi connectivity index (χ1) is 17.6. The van der Waals surface area contributed by atoms with Crippen molar-refractivity contribution in [2.75, 3.05) is 11.1 Å². The van der Waals surface area contributed by atoms with Crippen LogP contribution in [0.3, 0.4) is 0 Å². The zero-order valence-corrected chi connectivity index (χ0v) is 20.8. The van der Waals surface area contributed by atoms with Gasteiger partial charge in [-0.15, -0.1) is 0 Å². The Morgan fingerprint density at radius 1 is 1.05 bits per heavy atom. The van der Waals surface area contributed by atoms with Gasteiger partial charge in [-0.3, -0.25) is 14.2 Å². The van der Waals surface area contributed by atoms with Crippen molar-refractivity contribution in [1.82, 2.24) is 14.1 Å². The van der Waals surface area contributed by atoms with E-state index in [1.165, 1.54) is 22.9 Å². The van der Waals surface area contributed by atoms with E-state index >= 15 is 0 Å². The van der Waals surface area contributed by atoms with Crippen molar-refractivity contribution in [3.8, 4) is 17.2 Å². The molecular formula is C27H26FN5O4. The fourth-order valence-corrected chi connectivity index (χ4v) is 3.72. The molecule has 37 heavy (non-hydrogen) atoms. The number of aryl methyl sites for hydroxylation is 1. The van der Waals surface area contributed by atoms with Crippen LogP contribution >= 0.6 is 0 Å². The lowest BCUT2D eigenvalue weighted by Gasteiger charge is -2.16. The molecule has 0 saturated carbocycles. The van der Waals surface area contributed by atoms with Gasteiger partial charge in [0.25, 0.3) is 11.5 Å². The monoisotopic (exact) mass is 503 g/mol. The Bertz CT molecular complexity index is 1610. The number of nitrogens with zero attached hydrogens (tertiary/aromatic N) is 3. The zero-order valence-electron chi connectivity index (χ0n) is 20.8. The number of nitrogens with two attached hydrogens (primary N) is 1. The van der Waals surface area contributed by atoms with E-state index in [9.17, 15) is 18.8 Å². The number of benzene rings is 2. The van der Waals surface area contributed by atoms with Crippen molar-refractivity contribution >= 4 is 17.4 Å². The van der Waals surface area contributed by atoms with Crippen LogP contribution in [-0.4, -0.2) is 20.0 Å². The Kier molecular flexibility index (Phi) is 6.92. The number of aromatic nitrogens is 3. The number of carbonyl (C=O) groups excluding carboxylic acids is 1. The molecule has 0 aliphatic carbocycles. The third-order valence-electron chi connectivity index (χ3n) is 5.85. The summed E-state index contributed by atoms with van der Waals surface area (Å²) in [5.74, 6) is 0.276. The van der Waals surface area contributed by atoms with E-state index in [-0.39, 0.29) is 17.3 Å². The molecule has 190 valence electrons. The molecule has 1 amide bonds. The second-order valence-corrected chi connectivity index (χ2v) is 8.80. The van der Waals surface area contributed by atoms with Crippen LogP contribution in [0.5, 0.6) is 11.5 Å². The molecule has 9 nitrogen and oxygen atoms in total. The third-order valence-corrected chi connectivity index (χ3v) is 5.85. The van der Waals surface area contributed by atoms with Crippen molar-refractivity contribution in [2.45, 2.75) is 33.7 Å². The number of halogens is 1. The van der Waals surface area contributed by atoms with E-state index in [2.05, 4.69) is 10.3 Å². The molecule has 2 aromatic carbocycles. The van der Waals surface area contributed by atoms with Gasteiger partial charge in [0.1, 0.15) is 28.7 Å². The summed E-state index contributed by atoms with van der Waals surface area (Å²) in [6.07, 6.45) is 2.79. The van der Waals surface area contributed by atoms with E-state index < -0.39 is 23.0 Å². The molecule has 10 heteroatoms. The summed E-state index contributed by atoms with van der Waals surface area (Å²) in [6.45, 7) is 7.12. The lowest BCUT2D eigenvalue weighted by molar-refractivity contribution is 0.102. The Hall–Kier alpha value is -4.73. The third kappa shape index (κ3) is 5.13. The largest absolute Gasteiger partial charge is 0.457 e. The first-order valence-electron chi connectivity index (χ1n) is 11.5. The number of ether oxygens (including phenoxy) is 1. The maximum atomic E-state index is 13.4. The Morgan fingerprint density at radius 2 is 1.76 bits per heavy atom. The van der Waals surface area contributed by atoms with Crippen LogP contribution in [0.2, 0.25) is 0 Å². The average molecular weight is 504 g/mol. The summed E-state index contributed by atoms with van der Waals surface area (Å²) in [6, 6.07) is 11.3. The average Bonchev–Trinajstić information content (AvgIpc) is 2.84. The fraction of sp³-hybridized carbons (Fsp3) is 0.185. The van der Waals surface area contributed by atoms with Crippen molar-refractivity contribution in [2.24, 2.45) is 0 Å². The van der Waals surface area contributed by atoms with Crippen molar-refractivity contribution in [3.63, 3.8) is 0 Å². The topological polar surface area (TPSA) is 121 Å². The van der Waals surface area contributed by atoms with Crippen LogP contribution in [0.4, 0.5) is 15.9 Å². The molecule has 0 unspecified atom stereocenters. The van der Waals surface area contributed by atoms with E-state index in [1.807, 2.05) is 6.92 Å². The van der Waals surface area contributed by atoms with Crippen LogP contribution < -0.4 is 27.0 Å². The molecule has 0 aliphatic rings. The number of carbonyl (C=O) groups is 1. The van der Waals surface area contributed by atoms with Crippen LogP contribution in [0.15, 0.2) is 70.5 Å². The molecule has 0 radical (unpaired) electrons. The van der Waals surface area contributed by atoms with Gasteiger partial charge in [-0.2, -0.15) is 0 Å². The van der Waals surface area contributed by atoms with Gasteiger partial charge in [-0.1, -0.05) is 0 Å². The molecular weight excluding hydrogens is 477 g/mol. The lowest BCUT2D eigenvalue weighted by Crippen LogP contribution is -2.42. The Labute approximate surface area is 212 Å². The number of rotatable bonds is 6. The molecule has 0 atom stereocenters. The van der Waals surface area contributed by atoms with Gasteiger partial charge < -0.3 is 15.8 Å². The van der Waals surface area contributed by atoms with E-state index in [0.29, 0.717) is 28.6 Å². The highest BCUT2D eigenvalue weighted by Gasteiger charge is 2.20. The maximum absolute atomic E-state index is 13.4. The number of anilines is 2. The van der Waals surface area contributed by atoms with Gasteiger partial charge in [0.2, 0.25) is 0 Å². The molecule has 0 fully saturated rings. The molecule has 3 N–H and O–H groups in total. The second-order valence-electron chi connectivity index (χ2n) is 8.80. The van der Waals surface area contributed by atoms with E-state index in [1.54, 1.807) is 51.2 Å². The number of nitrogen functional groups attached to an aromatic ring is 1. The lowest BCUT2D eigenvalue weighted by atomic mass is 10.2. The summed E-state index contributed by atoms with van der Waals surface area (Å²) in [5.41, 5.74) is 6.18. The Morgan fingerprint density at radius 3 is 2.41 bits per heavy atom. The Balaban J connectivity index is 1.67. The number of nitrogens with one attached hydrogen (secondary N) is 1. The number of hydrogen-bond donors (Lipinski definition) is 2. The number of pyridine rings is 1. The summed E-state index contributed by atoms with van der Waals surface area (Å²) < 4.78 is 21.5. The normalized spacial score (nSPS) is 11.0. The van der Waals surface area contributed by atoms with Crippen LogP contribution in [0, 0.1) is 19.7 Å². The summed E-state index contributed by atoms with van der Waals surface area (Å²) in [7, 11) is 0. The minimum atomic E-state index is -0.812. The molecule has 2 heterocycles. The van der Waals surface area contributed by atoms with Crippen LogP contribution in [0.1, 0.15) is 41.4 Å². The highest BCUT2D eigenvalue weighted by molar-refractivity contribution is 6.04. The molecule has 4 aromatic rings. The number of amides is 1. The highest BCUT2D eigenvalue weighted by Crippen LogP contribution is 2.30. The highest BCUT2D eigenvalue weighted by atomic mass is 19.1. The van der Waals surface area contributed by atoms with Crippen LogP contribution in [-0.2, 0) is 0 Å². The summed E-state index contributed by atoms with van der Waals surface area (Å²) >= 11 is 0. The zero-order chi connectivity index (χ0) is 26.9. The number of hydrogen-bond acceptors (Lipinski definition) is 6. The van der Waals surface area contributed by atoms with Crippen molar-refractivity contribution in [1.29, 1.82) is 0 Å². The van der Waals surface area contributed by atoms with Gasteiger partial charge in [-0.25, -0.2) is 18.7 Å². The fourth-order valence-electron chi connectivity index (χ4n) is 3.72. The van der Waals surface area contributed by atoms with Crippen molar-refractivity contribution in [3.05, 3.63) is 104 Å². The van der Waals surface area contributed by atoms with Gasteiger partial charge in [0.15, 0.2) is 0 Å². The predicted octanol–water partition coefficient (Wildman–Crippen LogP) is 4.36. The minimum absolute atomic E-state index is 0.157. The van der Waals surface area contributed by atoms with Crippen molar-refractivity contribution < 1.29 is 13.9 Å². The summed E-state index contributed by atoms with van der Waals surface area (Å²) in [5, 5.41) is 2.71. The van der Waals surface area contributed by atoms with E-state index in [0.717, 1.165) is 22.3 Å². The van der Waals surface area contributed by atoms with Gasteiger partial charge in [0.05, 0.1) is 5.69 Å². The SMILES string of the molecule is Cc1cc(NC(=O)c2cn(C(C)C)c(=O)n(-c3ccc(F)cc3)c2=O)ccc1Oc1ccnc(N)c1C. The van der Waals surface area contributed by atoms with Gasteiger partial charge >= 0.3 is 5.69 Å². The van der Waals surface area contributed by atoms with Gasteiger partial charge in [-0.05, 0) is 81.8 Å². The van der Waals surface area contributed by atoms with Crippen LogP contribution in [0.25, 0.3) is 5.69 Å². The first-order valence-corrected chi connectivity index (χ1v) is 11.5. The molecule has 0 aliphatic heterocycles. The molecule has 0 saturated heterocycles. The maximum Gasteiger partial charge on any atom is 0.335 e. The molecule has 4 rings (SSSR count). The first kappa shape index (κ1) is 25.4.